The van der Waals surface area contributed by atoms with E-state index in [-0.39, 0.29) is 11.9 Å². The first-order valence-corrected chi connectivity index (χ1v) is 6.73. The van der Waals surface area contributed by atoms with E-state index in [1.807, 2.05) is 18.2 Å². The van der Waals surface area contributed by atoms with Gasteiger partial charge in [0.2, 0.25) is 0 Å². The van der Waals surface area contributed by atoms with Crippen LogP contribution in [0.25, 0.3) is 0 Å². The molecule has 1 aromatic rings. The third-order valence-corrected chi connectivity index (χ3v) is 4.56. The number of fused-ring (bicyclic) bond motifs is 1. The van der Waals surface area contributed by atoms with Gasteiger partial charge in [-0.15, -0.1) is 0 Å². The van der Waals surface area contributed by atoms with Crippen molar-refractivity contribution >= 4 is 28.5 Å². The lowest BCUT2D eigenvalue weighted by atomic mass is 10.1. The molecule has 17 heavy (non-hydrogen) atoms. The second kappa shape index (κ2) is 4.10. The SMILES string of the molecule is O=C1c2ccccc2C(O)N1C1CCC=C1I. The van der Waals surface area contributed by atoms with E-state index in [9.17, 15) is 9.90 Å². The number of aliphatic hydroxyl groups is 1. The van der Waals surface area contributed by atoms with Gasteiger partial charge in [-0.3, -0.25) is 4.79 Å². The highest BCUT2D eigenvalue weighted by molar-refractivity contribution is 14.1. The van der Waals surface area contributed by atoms with Crippen LogP contribution in [-0.4, -0.2) is 22.0 Å². The quantitative estimate of drug-likeness (QED) is 0.798. The minimum absolute atomic E-state index is 0.0468. The first kappa shape index (κ1) is 11.2. The molecule has 0 spiro atoms. The van der Waals surface area contributed by atoms with Crippen LogP contribution >= 0.6 is 22.6 Å². The molecule has 0 aromatic heterocycles. The molecule has 0 fully saturated rings. The molecule has 3 rings (SSSR count). The smallest absolute Gasteiger partial charge is 0.257 e. The highest BCUT2D eigenvalue weighted by Crippen LogP contribution is 2.39. The zero-order chi connectivity index (χ0) is 12.0. The maximum atomic E-state index is 12.3. The maximum absolute atomic E-state index is 12.3. The second-order valence-electron chi connectivity index (χ2n) is 4.36. The molecular weight excluding hydrogens is 329 g/mol. The molecule has 0 saturated carbocycles. The summed E-state index contributed by atoms with van der Waals surface area (Å²) in [5.41, 5.74) is 1.37. The highest BCUT2D eigenvalue weighted by Gasteiger charge is 2.41. The zero-order valence-electron chi connectivity index (χ0n) is 9.14. The summed E-state index contributed by atoms with van der Waals surface area (Å²) < 4.78 is 1.16. The number of hydrogen-bond acceptors (Lipinski definition) is 2. The van der Waals surface area contributed by atoms with Gasteiger partial charge in [-0.05, 0) is 41.5 Å². The van der Waals surface area contributed by atoms with Crippen LogP contribution in [0.2, 0.25) is 0 Å². The Morgan fingerprint density at radius 3 is 2.76 bits per heavy atom. The van der Waals surface area contributed by atoms with Crippen LogP contribution in [0.4, 0.5) is 0 Å². The van der Waals surface area contributed by atoms with Gasteiger partial charge >= 0.3 is 0 Å². The van der Waals surface area contributed by atoms with E-state index in [1.54, 1.807) is 11.0 Å². The monoisotopic (exact) mass is 341 g/mol. The van der Waals surface area contributed by atoms with Crippen molar-refractivity contribution in [2.45, 2.75) is 25.1 Å². The first-order valence-electron chi connectivity index (χ1n) is 5.65. The summed E-state index contributed by atoms with van der Waals surface area (Å²) in [7, 11) is 0. The molecule has 0 bridgehead atoms. The third kappa shape index (κ3) is 1.62. The van der Waals surface area contributed by atoms with Crippen LogP contribution in [0, 0.1) is 0 Å². The summed E-state index contributed by atoms with van der Waals surface area (Å²) in [4.78, 5) is 13.9. The van der Waals surface area contributed by atoms with Crippen LogP contribution in [0.3, 0.4) is 0 Å². The summed E-state index contributed by atoms with van der Waals surface area (Å²) in [6, 6.07) is 7.34. The van der Waals surface area contributed by atoms with Crippen LogP contribution in [0.1, 0.15) is 35.0 Å². The number of nitrogens with zero attached hydrogens (tertiary/aromatic N) is 1. The summed E-state index contributed by atoms with van der Waals surface area (Å²) in [6.07, 6.45) is 3.24. The number of amides is 1. The van der Waals surface area contributed by atoms with Gasteiger partial charge < -0.3 is 10.0 Å². The van der Waals surface area contributed by atoms with Crippen LogP contribution in [0.5, 0.6) is 0 Å². The molecular formula is C13H12INO2. The summed E-state index contributed by atoms with van der Waals surface area (Å²) in [5.74, 6) is -0.0532. The standard InChI is InChI=1S/C13H12INO2/c14-10-6-3-7-11(10)15-12(16)8-4-1-2-5-9(8)13(15)17/h1-2,4-6,11-12,16H,3,7H2. The van der Waals surface area contributed by atoms with Crippen molar-refractivity contribution in [3.05, 3.63) is 45.0 Å². The summed E-state index contributed by atoms with van der Waals surface area (Å²) in [5, 5.41) is 10.3. The Morgan fingerprint density at radius 2 is 2.12 bits per heavy atom. The van der Waals surface area contributed by atoms with E-state index in [2.05, 4.69) is 28.7 Å². The van der Waals surface area contributed by atoms with Gasteiger partial charge in [0.25, 0.3) is 5.91 Å². The Hall–Kier alpha value is -0.880. The molecule has 2 aliphatic rings. The number of benzene rings is 1. The fraction of sp³-hybridized carbons (Fsp3) is 0.308. The Morgan fingerprint density at radius 1 is 1.35 bits per heavy atom. The number of aliphatic hydroxyl groups excluding tert-OH is 1. The van der Waals surface area contributed by atoms with Crippen molar-refractivity contribution in [2.75, 3.05) is 0 Å². The van der Waals surface area contributed by atoms with Gasteiger partial charge in [0.15, 0.2) is 6.23 Å². The lowest BCUT2D eigenvalue weighted by molar-refractivity contribution is 0.00525. The molecule has 1 aromatic carbocycles. The number of allylic oxidation sites excluding steroid dienone is 1. The van der Waals surface area contributed by atoms with Gasteiger partial charge in [0.1, 0.15) is 0 Å². The van der Waals surface area contributed by atoms with Crippen molar-refractivity contribution in [1.82, 2.24) is 4.90 Å². The predicted octanol–water partition coefficient (Wildman–Crippen LogP) is 2.61. The minimum Gasteiger partial charge on any atom is -0.369 e. The van der Waals surface area contributed by atoms with Gasteiger partial charge in [-0.1, -0.05) is 24.3 Å². The Labute approximate surface area is 113 Å². The van der Waals surface area contributed by atoms with E-state index in [0.717, 1.165) is 22.0 Å². The highest BCUT2D eigenvalue weighted by atomic mass is 127. The van der Waals surface area contributed by atoms with Crippen molar-refractivity contribution in [3.8, 4) is 0 Å². The van der Waals surface area contributed by atoms with Crippen LogP contribution < -0.4 is 0 Å². The Balaban J connectivity index is 2.01. The fourth-order valence-electron chi connectivity index (χ4n) is 2.55. The predicted molar refractivity (Wildman–Crippen MR) is 72.7 cm³/mol. The average Bonchev–Trinajstić information content (AvgIpc) is 2.84. The second-order valence-corrected chi connectivity index (χ2v) is 5.60. The molecule has 0 saturated heterocycles. The topological polar surface area (TPSA) is 40.5 Å². The van der Waals surface area contributed by atoms with Crippen LogP contribution in [-0.2, 0) is 0 Å². The fourth-order valence-corrected chi connectivity index (χ4v) is 3.48. The first-order chi connectivity index (χ1) is 8.20. The van der Waals surface area contributed by atoms with Crippen molar-refractivity contribution in [1.29, 1.82) is 0 Å². The Bertz CT molecular complexity index is 512. The molecule has 0 radical (unpaired) electrons. The zero-order valence-corrected chi connectivity index (χ0v) is 11.3. The molecule has 2 unspecified atom stereocenters. The van der Waals surface area contributed by atoms with Gasteiger partial charge in [0.05, 0.1) is 6.04 Å². The number of rotatable bonds is 1. The van der Waals surface area contributed by atoms with E-state index < -0.39 is 6.23 Å². The number of hydrogen-bond donors (Lipinski definition) is 1. The number of halogens is 1. The number of carbonyl (C=O) groups excluding carboxylic acids is 1. The van der Waals surface area contributed by atoms with E-state index in [1.165, 1.54) is 0 Å². The van der Waals surface area contributed by atoms with Gasteiger partial charge in [0, 0.05) is 14.7 Å². The van der Waals surface area contributed by atoms with Crippen molar-refractivity contribution in [3.63, 3.8) is 0 Å². The maximum Gasteiger partial charge on any atom is 0.257 e. The summed E-state index contributed by atoms with van der Waals surface area (Å²) >= 11 is 2.26. The largest absolute Gasteiger partial charge is 0.369 e. The number of carbonyl (C=O) groups is 1. The third-order valence-electron chi connectivity index (χ3n) is 3.40. The Kier molecular flexibility index (Phi) is 2.71. The van der Waals surface area contributed by atoms with Crippen molar-refractivity contribution in [2.24, 2.45) is 0 Å². The molecule has 1 aliphatic heterocycles. The normalized spacial score (nSPS) is 27.3. The lowest BCUT2D eigenvalue weighted by Gasteiger charge is -2.28. The van der Waals surface area contributed by atoms with E-state index in [4.69, 9.17) is 0 Å². The molecule has 1 aliphatic carbocycles. The lowest BCUT2D eigenvalue weighted by Crippen LogP contribution is -2.37. The molecule has 1 amide bonds. The molecule has 1 N–H and O–H groups in total. The van der Waals surface area contributed by atoms with Crippen molar-refractivity contribution < 1.29 is 9.90 Å². The van der Waals surface area contributed by atoms with Crippen LogP contribution in [0.15, 0.2) is 33.9 Å². The molecule has 3 nitrogen and oxygen atoms in total. The van der Waals surface area contributed by atoms with Gasteiger partial charge in [-0.2, -0.15) is 0 Å². The molecule has 4 heteroatoms. The van der Waals surface area contributed by atoms with E-state index in [0.29, 0.717) is 5.56 Å². The molecule has 1 heterocycles. The van der Waals surface area contributed by atoms with Gasteiger partial charge in [-0.25, -0.2) is 0 Å². The average molecular weight is 341 g/mol. The molecule has 88 valence electrons. The molecule has 2 atom stereocenters. The van der Waals surface area contributed by atoms with E-state index >= 15 is 0 Å². The minimum atomic E-state index is -0.792. The summed E-state index contributed by atoms with van der Waals surface area (Å²) in [6.45, 7) is 0.